The average Bonchev–Trinajstić information content (AvgIpc) is 3.62. The Hall–Kier alpha value is -2.61. The Morgan fingerprint density at radius 3 is 2.45 bits per heavy atom. The maximum absolute atomic E-state index is 13.8. The van der Waals surface area contributed by atoms with Crippen LogP contribution in [0.15, 0.2) is 41.4 Å². The molecule has 0 bridgehead atoms. The maximum atomic E-state index is 13.8. The van der Waals surface area contributed by atoms with Crippen molar-refractivity contribution in [1.82, 2.24) is 15.6 Å². The summed E-state index contributed by atoms with van der Waals surface area (Å²) in [6.45, 7) is 0. The van der Waals surface area contributed by atoms with Crippen molar-refractivity contribution >= 4 is 23.6 Å². The molecule has 1 aromatic heterocycles. The number of aromatic nitrogens is 1. The molecule has 2 amide bonds. The van der Waals surface area contributed by atoms with Crippen molar-refractivity contribution in [3.63, 3.8) is 0 Å². The molecule has 2 aromatic rings. The fourth-order valence-corrected chi connectivity index (χ4v) is 4.21. The van der Waals surface area contributed by atoms with E-state index in [0.29, 0.717) is 5.75 Å². The summed E-state index contributed by atoms with van der Waals surface area (Å²) in [6, 6.07) is 8.70. The van der Waals surface area contributed by atoms with Gasteiger partial charge in [0.1, 0.15) is 17.1 Å². The fourth-order valence-electron chi connectivity index (χ4n) is 3.76. The Kier molecular flexibility index (Phi) is 6.75. The molecule has 0 saturated heterocycles. The molecule has 0 atom stereocenters. The van der Waals surface area contributed by atoms with Crippen LogP contribution in [0.5, 0.6) is 11.6 Å². The normalized spacial score (nSPS) is 20.7. The summed E-state index contributed by atoms with van der Waals surface area (Å²) in [4.78, 5) is 29.8. The molecule has 2 N–H and O–H groups in total. The number of benzene rings is 1. The summed E-state index contributed by atoms with van der Waals surface area (Å²) in [5.41, 5.74) is 0.0683. The van der Waals surface area contributed by atoms with Gasteiger partial charge in [-0.2, -0.15) is 0 Å². The molecule has 6 nitrogen and oxygen atoms in total. The molecule has 2 aliphatic carbocycles. The minimum Gasteiger partial charge on any atom is -0.438 e. The standard InChI is InChI=1S/C23H26FN3O3S/c1-31-19-4-2-3-18(12-19)30-23-20(11-15(24)13-25-23)22(29)27-17-9-7-16(8-10-17)26-21(28)14-5-6-14/h2-4,11-14,16-17H,5-10H2,1H3,(H,26,28)(H,27,29). The van der Waals surface area contributed by atoms with Crippen LogP contribution in [0.4, 0.5) is 4.39 Å². The zero-order chi connectivity index (χ0) is 21.8. The van der Waals surface area contributed by atoms with Crippen LogP contribution in [0.3, 0.4) is 0 Å². The molecule has 1 aromatic carbocycles. The van der Waals surface area contributed by atoms with Crippen molar-refractivity contribution in [3.05, 3.63) is 47.9 Å². The summed E-state index contributed by atoms with van der Waals surface area (Å²) < 4.78 is 19.7. The molecule has 0 aliphatic heterocycles. The van der Waals surface area contributed by atoms with E-state index in [-0.39, 0.29) is 35.4 Å². The molecule has 0 spiro atoms. The Labute approximate surface area is 185 Å². The van der Waals surface area contributed by atoms with E-state index in [2.05, 4.69) is 15.6 Å². The molecule has 1 heterocycles. The van der Waals surface area contributed by atoms with Gasteiger partial charge in [-0.3, -0.25) is 9.59 Å². The second-order valence-electron chi connectivity index (χ2n) is 8.09. The summed E-state index contributed by atoms with van der Waals surface area (Å²) in [6.07, 6.45) is 8.13. The van der Waals surface area contributed by atoms with Crippen molar-refractivity contribution in [3.8, 4) is 11.6 Å². The van der Waals surface area contributed by atoms with Crippen LogP contribution in [0.25, 0.3) is 0 Å². The molecular formula is C23H26FN3O3S. The number of hydrogen-bond donors (Lipinski definition) is 2. The van der Waals surface area contributed by atoms with E-state index in [1.54, 1.807) is 17.8 Å². The number of hydrogen-bond acceptors (Lipinski definition) is 5. The second kappa shape index (κ2) is 9.68. The van der Waals surface area contributed by atoms with Crippen LogP contribution in [0.2, 0.25) is 0 Å². The molecule has 0 radical (unpaired) electrons. The largest absolute Gasteiger partial charge is 0.438 e. The van der Waals surface area contributed by atoms with Crippen LogP contribution < -0.4 is 15.4 Å². The van der Waals surface area contributed by atoms with E-state index in [1.165, 1.54) is 0 Å². The lowest BCUT2D eigenvalue weighted by Gasteiger charge is -2.29. The topological polar surface area (TPSA) is 80.3 Å². The third kappa shape index (κ3) is 5.76. The molecule has 2 aliphatic rings. The minimum absolute atomic E-state index is 0.0301. The summed E-state index contributed by atoms with van der Waals surface area (Å²) >= 11 is 1.57. The zero-order valence-electron chi connectivity index (χ0n) is 17.4. The third-order valence-electron chi connectivity index (χ3n) is 5.68. The molecule has 164 valence electrons. The van der Waals surface area contributed by atoms with Crippen molar-refractivity contribution in [2.45, 2.75) is 55.5 Å². The van der Waals surface area contributed by atoms with Gasteiger partial charge >= 0.3 is 0 Å². The molecular weight excluding hydrogens is 417 g/mol. The lowest BCUT2D eigenvalue weighted by molar-refractivity contribution is -0.123. The monoisotopic (exact) mass is 443 g/mol. The van der Waals surface area contributed by atoms with Gasteiger partial charge in [-0.05, 0) is 69.0 Å². The number of carbonyl (C=O) groups excluding carboxylic acids is 2. The van der Waals surface area contributed by atoms with Gasteiger partial charge in [0.25, 0.3) is 5.91 Å². The van der Waals surface area contributed by atoms with E-state index < -0.39 is 11.7 Å². The Morgan fingerprint density at radius 1 is 1.06 bits per heavy atom. The molecule has 4 rings (SSSR count). The summed E-state index contributed by atoms with van der Waals surface area (Å²) in [5, 5.41) is 6.08. The number of ether oxygens (including phenoxy) is 1. The zero-order valence-corrected chi connectivity index (χ0v) is 18.2. The van der Waals surface area contributed by atoms with E-state index >= 15 is 0 Å². The second-order valence-corrected chi connectivity index (χ2v) is 8.97. The van der Waals surface area contributed by atoms with Gasteiger partial charge in [-0.15, -0.1) is 11.8 Å². The first-order valence-corrected chi connectivity index (χ1v) is 11.8. The predicted molar refractivity (Wildman–Crippen MR) is 117 cm³/mol. The van der Waals surface area contributed by atoms with Crippen LogP contribution >= 0.6 is 11.8 Å². The van der Waals surface area contributed by atoms with E-state index in [4.69, 9.17) is 4.74 Å². The SMILES string of the molecule is CSc1cccc(Oc2ncc(F)cc2C(=O)NC2CCC(NC(=O)C3CC3)CC2)c1. The first kappa shape index (κ1) is 21.6. The van der Waals surface area contributed by atoms with Crippen LogP contribution in [0, 0.1) is 11.7 Å². The first-order chi connectivity index (χ1) is 15.0. The summed E-state index contributed by atoms with van der Waals surface area (Å²) in [7, 11) is 0. The van der Waals surface area contributed by atoms with Gasteiger partial charge in [-0.1, -0.05) is 6.07 Å². The predicted octanol–water partition coefficient (Wildman–Crippen LogP) is 4.30. The summed E-state index contributed by atoms with van der Waals surface area (Å²) in [5.74, 6) is -0.0385. The van der Waals surface area contributed by atoms with Crippen molar-refractivity contribution in [2.75, 3.05) is 6.26 Å². The highest BCUT2D eigenvalue weighted by molar-refractivity contribution is 7.98. The number of nitrogens with one attached hydrogen (secondary N) is 2. The lowest BCUT2D eigenvalue weighted by Crippen LogP contribution is -2.44. The van der Waals surface area contributed by atoms with Gasteiger partial charge in [0, 0.05) is 22.9 Å². The van der Waals surface area contributed by atoms with Gasteiger partial charge in [0.15, 0.2) is 0 Å². The quantitative estimate of drug-likeness (QED) is 0.624. The highest BCUT2D eigenvalue weighted by Gasteiger charge is 2.32. The number of rotatable bonds is 7. The van der Waals surface area contributed by atoms with Gasteiger partial charge in [0.2, 0.25) is 11.8 Å². The van der Waals surface area contributed by atoms with E-state index in [1.807, 2.05) is 24.5 Å². The minimum atomic E-state index is -0.595. The fraction of sp³-hybridized carbons (Fsp3) is 0.435. The molecule has 31 heavy (non-hydrogen) atoms. The van der Waals surface area contributed by atoms with Crippen molar-refractivity contribution < 1.29 is 18.7 Å². The average molecular weight is 444 g/mol. The van der Waals surface area contributed by atoms with Crippen LogP contribution in [0.1, 0.15) is 48.9 Å². The number of amides is 2. The Bertz CT molecular complexity index is 959. The van der Waals surface area contributed by atoms with E-state index in [9.17, 15) is 14.0 Å². The highest BCUT2D eigenvalue weighted by atomic mass is 32.2. The van der Waals surface area contributed by atoms with Crippen molar-refractivity contribution in [2.24, 2.45) is 5.92 Å². The molecule has 2 saturated carbocycles. The van der Waals surface area contributed by atoms with Gasteiger partial charge in [0.05, 0.1) is 6.20 Å². The molecule has 8 heteroatoms. The third-order valence-corrected chi connectivity index (χ3v) is 6.40. The van der Waals surface area contributed by atoms with Crippen molar-refractivity contribution in [1.29, 1.82) is 0 Å². The number of halogens is 1. The smallest absolute Gasteiger partial charge is 0.257 e. The Balaban J connectivity index is 1.38. The van der Waals surface area contributed by atoms with Crippen LogP contribution in [-0.4, -0.2) is 35.1 Å². The molecule has 0 unspecified atom stereocenters. The maximum Gasteiger partial charge on any atom is 0.257 e. The molecule has 2 fully saturated rings. The van der Waals surface area contributed by atoms with Gasteiger partial charge < -0.3 is 15.4 Å². The number of pyridine rings is 1. The number of thioether (sulfide) groups is 1. The number of nitrogens with zero attached hydrogens (tertiary/aromatic N) is 1. The highest BCUT2D eigenvalue weighted by Crippen LogP contribution is 2.30. The lowest BCUT2D eigenvalue weighted by atomic mass is 9.91. The number of carbonyl (C=O) groups is 2. The Morgan fingerprint density at radius 2 is 1.77 bits per heavy atom. The van der Waals surface area contributed by atoms with E-state index in [0.717, 1.165) is 55.7 Å². The first-order valence-electron chi connectivity index (χ1n) is 10.6. The van der Waals surface area contributed by atoms with Gasteiger partial charge in [-0.25, -0.2) is 9.37 Å². The van der Waals surface area contributed by atoms with Crippen LogP contribution in [-0.2, 0) is 4.79 Å².